The van der Waals surface area contributed by atoms with E-state index in [9.17, 15) is 0 Å². The molecular formula is C31H33NO. The average molecular weight is 436 g/mol. The van der Waals surface area contributed by atoms with Crippen molar-refractivity contribution in [3.63, 3.8) is 0 Å². The molecule has 0 aromatic heterocycles. The molecule has 4 aromatic rings. The highest BCUT2D eigenvalue weighted by Crippen LogP contribution is 2.39. The number of nitrogens with zero attached hydrogens (tertiary/aromatic N) is 1. The third kappa shape index (κ3) is 5.03. The fourth-order valence-electron chi connectivity index (χ4n) is 5.43. The van der Waals surface area contributed by atoms with Gasteiger partial charge in [-0.1, -0.05) is 110 Å². The van der Waals surface area contributed by atoms with Crippen LogP contribution in [0.3, 0.4) is 0 Å². The first-order valence-corrected chi connectivity index (χ1v) is 12.3. The zero-order chi connectivity index (χ0) is 22.5. The van der Waals surface area contributed by atoms with Crippen molar-refractivity contribution in [3.8, 4) is 0 Å². The smallest absolute Gasteiger partial charge is 0.0936 e. The lowest BCUT2D eigenvalue weighted by molar-refractivity contribution is -0.227. The topological polar surface area (TPSA) is 12.5 Å². The zero-order valence-corrected chi connectivity index (χ0v) is 19.4. The Morgan fingerprint density at radius 2 is 1.48 bits per heavy atom. The minimum atomic E-state index is 0.166. The monoisotopic (exact) mass is 435 g/mol. The molecule has 2 nitrogen and oxygen atoms in total. The van der Waals surface area contributed by atoms with Crippen LogP contribution in [-0.4, -0.2) is 11.1 Å². The van der Waals surface area contributed by atoms with Crippen LogP contribution in [0.15, 0.2) is 103 Å². The molecular weight excluding hydrogens is 402 g/mol. The summed E-state index contributed by atoms with van der Waals surface area (Å²) in [5.74, 6) is 0.590. The van der Waals surface area contributed by atoms with Crippen molar-refractivity contribution in [2.24, 2.45) is 0 Å². The Hall–Kier alpha value is -2.94. The molecule has 33 heavy (non-hydrogen) atoms. The van der Waals surface area contributed by atoms with Gasteiger partial charge in [-0.05, 0) is 59.6 Å². The molecule has 1 saturated carbocycles. The van der Waals surface area contributed by atoms with Crippen LogP contribution in [-0.2, 0) is 11.4 Å². The Balaban J connectivity index is 1.44. The molecule has 0 amide bonds. The van der Waals surface area contributed by atoms with Crippen molar-refractivity contribution in [1.29, 1.82) is 0 Å². The Morgan fingerprint density at radius 1 is 0.788 bits per heavy atom. The second kappa shape index (κ2) is 10.3. The summed E-state index contributed by atoms with van der Waals surface area (Å²) in [6, 6.07) is 37.5. The van der Waals surface area contributed by atoms with Crippen molar-refractivity contribution in [2.75, 3.05) is 0 Å². The highest BCUT2D eigenvalue weighted by molar-refractivity contribution is 5.86. The standard InChI is InChI=1S/C31H33NO/c1-24(30-21-11-17-27-16-8-9-20-31(27)30)32(33-23-25-12-4-2-5-13-25)29-19-10-18-28(22-29)26-14-6-3-7-15-26/h2-9,11-17,20-21,24,28-29H,10,18-19,22-23H2,1H3/t24-,28?,29?/m1/s1. The summed E-state index contributed by atoms with van der Waals surface area (Å²) in [6.07, 6.45) is 4.80. The van der Waals surface area contributed by atoms with E-state index in [1.165, 1.54) is 46.7 Å². The first kappa shape index (κ1) is 21.9. The maximum atomic E-state index is 6.65. The number of hydroxylamine groups is 2. The van der Waals surface area contributed by atoms with Crippen LogP contribution in [0.2, 0.25) is 0 Å². The number of benzene rings is 4. The lowest BCUT2D eigenvalue weighted by Crippen LogP contribution is -2.40. The third-order valence-corrected chi connectivity index (χ3v) is 7.16. The lowest BCUT2D eigenvalue weighted by Gasteiger charge is -2.40. The fourth-order valence-corrected chi connectivity index (χ4v) is 5.43. The van der Waals surface area contributed by atoms with Crippen LogP contribution < -0.4 is 0 Å². The Kier molecular flexibility index (Phi) is 6.85. The average Bonchev–Trinajstić information content (AvgIpc) is 2.89. The molecule has 0 aliphatic heterocycles. The second-order valence-corrected chi connectivity index (χ2v) is 9.29. The van der Waals surface area contributed by atoms with Gasteiger partial charge in [0.15, 0.2) is 0 Å². The first-order chi connectivity index (χ1) is 16.3. The molecule has 2 unspecified atom stereocenters. The maximum Gasteiger partial charge on any atom is 0.0936 e. The molecule has 0 spiro atoms. The minimum absolute atomic E-state index is 0.166. The molecule has 2 heteroatoms. The van der Waals surface area contributed by atoms with E-state index < -0.39 is 0 Å². The van der Waals surface area contributed by atoms with Gasteiger partial charge in [-0.25, -0.2) is 0 Å². The summed E-state index contributed by atoms with van der Waals surface area (Å²) < 4.78 is 0. The van der Waals surface area contributed by atoms with E-state index in [-0.39, 0.29) is 6.04 Å². The molecule has 3 atom stereocenters. The quantitative estimate of drug-likeness (QED) is 0.272. The van der Waals surface area contributed by atoms with Crippen LogP contribution in [0.25, 0.3) is 10.8 Å². The number of hydrogen-bond donors (Lipinski definition) is 0. The zero-order valence-electron chi connectivity index (χ0n) is 19.4. The van der Waals surface area contributed by atoms with Gasteiger partial charge in [-0.2, -0.15) is 5.06 Å². The lowest BCUT2D eigenvalue weighted by atomic mass is 9.81. The Morgan fingerprint density at radius 3 is 2.30 bits per heavy atom. The van der Waals surface area contributed by atoms with Gasteiger partial charge >= 0.3 is 0 Å². The molecule has 0 radical (unpaired) electrons. The fraction of sp³-hybridized carbons (Fsp3) is 0.290. The van der Waals surface area contributed by atoms with Crippen molar-refractivity contribution < 1.29 is 4.84 Å². The van der Waals surface area contributed by atoms with E-state index in [4.69, 9.17) is 4.84 Å². The van der Waals surface area contributed by atoms with Crippen LogP contribution in [0, 0.1) is 0 Å². The predicted molar refractivity (Wildman–Crippen MR) is 137 cm³/mol. The number of rotatable bonds is 7. The van der Waals surface area contributed by atoms with Crippen LogP contribution in [0.5, 0.6) is 0 Å². The molecule has 4 aromatic carbocycles. The van der Waals surface area contributed by atoms with Gasteiger partial charge in [0.2, 0.25) is 0 Å². The summed E-state index contributed by atoms with van der Waals surface area (Å²) in [4.78, 5) is 6.65. The van der Waals surface area contributed by atoms with Crippen molar-refractivity contribution in [3.05, 3.63) is 120 Å². The highest BCUT2D eigenvalue weighted by atomic mass is 16.7. The van der Waals surface area contributed by atoms with Gasteiger partial charge in [0.05, 0.1) is 12.6 Å². The summed E-state index contributed by atoms with van der Waals surface area (Å²) in [5, 5.41) is 4.93. The van der Waals surface area contributed by atoms with Gasteiger partial charge < -0.3 is 0 Å². The molecule has 168 valence electrons. The second-order valence-electron chi connectivity index (χ2n) is 9.29. The SMILES string of the molecule is C[C@H](c1cccc2ccccc12)N(OCc1ccccc1)C1CCCC(c2ccccc2)C1. The van der Waals surface area contributed by atoms with E-state index in [0.29, 0.717) is 18.6 Å². The van der Waals surface area contributed by atoms with Gasteiger partial charge in [-0.15, -0.1) is 0 Å². The highest BCUT2D eigenvalue weighted by Gasteiger charge is 2.32. The van der Waals surface area contributed by atoms with Crippen molar-refractivity contribution in [1.82, 2.24) is 5.06 Å². The molecule has 1 aliphatic rings. The molecule has 0 saturated heterocycles. The van der Waals surface area contributed by atoms with E-state index in [2.05, 4.69) is 115 Å². The Labute approximate surface area is 197 Å². The van der Waals surface area contributed by atoms with Gasteiger partial charge in [0, 0.05) is 6.04 Å². The van der Waals surface area contributed by atoms with Crippen molar-refractivity contribution in [2.45, 2.75) is 57.2 Å². The molecule has 0 bridgehead atoms. The maximum absolute atomic E-state index is 6.65. The predicted octanol–water partition coefficient (Wildman–Crippen LogP) is 8.06. The van der Waals surface area contributed by atoms with Crippen LogP contribution in [0.1, 0.15) is 61.3 Å². The van der Waals surface area contributed by atoms with Gasteiger partial charge in [0.25, 0.3) is 0 Å². The van der Waals surface area contributed by atoms with Gasteiger partial charge in [-0.3, -0.25) is 4.84 Å². The van der Waals surface area contributed by atoms with Crippen LogP contribution in [0.4, 0.5) is 0 Å². The molecule has 0 N–H and O–H groups in total. The largest absolute Gasteiger partial charge is 0.293 e. The summed E-state index contributed by atoms with van der Waals surface area (Å²) in [7, 11) is 0. The van der Waals surface area contributed by atoms with E-state index in [1.807, 2.05) is 0 Å². The molecule has 0 heterocycles. The normalized spacial score (nSPS) is 19.6. The third-order valence-electron chi connectivity index (χ3n) is 7.16. The first-order valence-electron chi connectivity index (χ1n) is 12.3. The number of hydrogen-bond acceptors (Lipinski definition) is 2. The van der Waals surface area contributed by atoms with Crippen LogP contribution >= 0.6 is 0 Å². The summed E-state index contributed by atoms with van der Waals surface area (Å²) in [5.41, 5.74) is 4.01. The molecule has 1 fully saturated rings. The number of fused-ring (bicyclic) bond motifs is 1. The minimum Gasteiger partial charge on any atom is -0.293 e. The van der Waals surface area contributed by atoms with E-state index in [0.717, 1.165) is 6.42 Å². The van der Waals surface area contributed by atoms with Gasteiger partial charge in [0.1, 0.15) is 0 Å². The molecule has 5 rings (SSSR count). The van der Waals surface area contributed by atoms with E-state index in [1.54, 1.807) is 0 Å². The molecule has 1 aliphatic carbocycles. The Bertz CT molecular complexity index is 1150. The summed E-state index contributed by atoms with van der Waals surface area (Å²) in [6.45, 7) is 2.90. The van der Waals surface area contributed by atoms with E-state index >= 15 is 0 Å². The van der Waals surface area contributed by atoms with Crippen molar-refractivity contribution >= 4 is 10.8 Å². The summed E-state index contributed by atoms with van der Waals surface area (Å²) >= 11 is 0.